The van der Waals surface area contributed by atoms with Crippen molar-refractivity contribution in [2.45, 2.75) is 58.3 Å². The number of H-pyrrole nitrogens is 1. The van der Waals surface area contributed by atoms with E-state index in [4.69, 9.17) is 14.0 Å². The van der Waals surface area contributed by atoms with Gasteiger partial charge in [0.2, 0.25) is 0 Å². The Morgan fingerprint density at radius 3 is 2.94 bits per heavy atom. The summed E-state index contributed by atoms with van der Waals surface area (Å²) in [7, 11) is 0. The lowest BCUT2D eigenvalue weighted by molar-refractivity contribution is -0.172. The second-order valence-corrected chi connectivity index (χ2v) is 9.35. The number of nitrogens with zero attached hydrogens (tertiary/aromatic N) is 5. The summed E-state index contributed by atoms with van der Waals surface area (Å²) in [5.41, 5.74) is 1.89. The first kappa shape index (κ1) is 23.6. The minimum Gasteiger partial charge on any atom is -0.442 e. The van der Waals surface area contributed by atoms with E-state index in [9.17, 15) is 9.59 Å². The molecule has 12 heteroatoms. The SMILES string of the molecule is C=C(C)Cn1nnnc1C(NC1CCON(C(=O)OC(C)(C)C)C1)c1cccc2[nH]c(=O)oc12. The molecule has 1 fully saturated rings. The Bertz CT molecular complexity index is 1240. The van der Waals surface area contributed by atoms with Crippen molar-refractivity contribution in [3.05, 3.63) is 52.3 Å². The fourth-order valence-corrected chi connectivity index (χ4v) is 3.77. The molecule has 0 aliphatic carbocycles. The van der Waals surface area contributed by atoms with Crippen LogP contribution in [-0.2, 0) is 16.1 Å². The van der Waals surface area contributed by atoms with Gasteiger partial charge in [-0.05, 0) is 50.6 Å². The second-order valence-electron chi connectivity index (χ2n) is 9.35. The van der Waals surface area contributed by atoms with Crippen LogP contribution in [0.1, 0.15) is 51.5 Å². The van der Waals surface area contributed by atoms with Crippen LogP contribution in [0.3, 0.4) is 0 Å². The number of rotatable bonds is 6. The van der Waals surface area contributed by atoms with Gasteiger partial charge in [-0.3, -0.25) is 15.1 Å². The minimum atomic E-state index is -0.643. The molecule has 0 radical (unpaired) electrons. The number of aromatic amines is 1. The zero-order valence-electron chi connectivity index (χ0n) is 19.7. The molecule has 0 bridgehead atoms. The van der Waals surface area contributed by atoms with Gasteiger partial charge in [0.05, 0.1) is 31.3 Å². The molecule has 182 valence electrons. The summed E-state index contributed by atoms with van der Waals surface area (Å²) in [6.07, 6.45) is 0.0756. The predicted molar refractivity (Wildman–Crippen MR) is 122 cm³/mol. The number of hydrogen-bond acceptors (Lipinski definition) is 9. The first-order valence-corrected chi connectivity index (χ1v) is 11.0. The average molecular weight is 472 g/mol. The lowest BCUT2D eigenvalue weighted by Crippen LogP contribution is -2.50. The topological polar surface area (TPSA) is 140 Å². The van der Waals surface area contributed by atoms with Gasteiger partial charge in [-0.1, -0.05) is 24.3 Å². The summed E-state index contributed by atoms with van der Waals surface area (Å²) in [4.78, 5) is 32.7. The molecular weight excluding hydrogens is 442 g/mol. The molecule has 2 aromatic heterocycles. The van der Waals surface area contributed by atoms with Crippen molar-refractivity contribution in [3.8, 4) is 0 Å². The molecule has 1 amide bonds. The smallest absolute Gasteiger partial charge is 0.434 e. The molecule has 4 rings (SSSR count). The van der Waals surface area contributed by atoms with Crippen LogP contribution in [0, 0.1) is 0 Å². The van der Waals surface area contributed by atoms with Gasteiger partial charge in [-0.25, -0.2) is 14.3 Å². The van der Waals surface area contributed by atoms with E-state index in [2.05, 4.69) is 32.4 Å². The highest BCUT2D eigenvalue weighted by Crippen LogP contribution is 2.28. The molecule has 12 nitrogen and oxygen atoms in total. The van der Waals surface area contributed by atoms with Gasteiger partial charge in [0.25, 0.3) is 0 Å². The maximum atomic E-state index is 12.5. The number of benzene rings is 1. The molecule has 1 aliphatic heterocycles. The standard InChI is InChI=1S/C22H29N7O5/c1-13(2)11-28-19(25-26-27-28)17(15-7-6-8-16-18(15)33-20(30)24-16)23-14-9-10-32-29(12-14)21(31)34-22(3,4)5/h6-8,14,17,23H,1,9-12H2,2-5H3,(H,24,30). The number of allylic oxidation sites excluding steroid dienone is 1. The summed E-state index contributed by atoms with van der Waals surface area (Å²) >= 11 is 0. The summed E-state index contributed by atoms with van der Waals surface area (Å²) < 4.78 is 12.5. The van der Waals surface area contributed by atoms with Crippen LogP contribution in [0.25, 0.3) is 11.1 Å². The Morgan fingerprint density at radius 1 is 1.41 bits per heavy atom. The molecule has 2 N–H and O–H groups in total. The number of oxazole rings is 1. The molecular formula is C22H29N7O5. The van der Waals surface area contributed by atoms with Gasteiger partial charge in [0, 0.05) is 11.6 Å². The van der Waals surface area contributed by atoms with Crippen molar-refractivity contribution in [1.82, 2.24) is 35.6 Å². The van der Waals surface area contributed by atoms with E-state index in [0.29, 0.717) is 42.1 Å². The summed E-state index contributed by atoms with van der Waals surface area (Å²) in [5, 5.41) is 17.0. The Morgan fingerprint density at radius 2 is 2.21 bits per heavy atom. The number of hydroxylamine groups is 2. The third-order valence-electron chi connectivity index (χ3n) is 5.12. The number of nitrogens with one attached hydrogen (secondary N) is 2. The van der Waals surface area contributed by atoms with E-state index >= 15 is 0 Å². The van der Waals surface area contributed by atoms with Crippen LogP contribution in [0.5, 0.6) is 0 Å². The van der Waals surface area contributed by atoms with Crippen LogP contribution in [-0.4, -0.2) is 61.1 Å². The fraction of sp³-hybridized carbons (Fsp3) is 0.500. The Labute approximate surface area is 195 Å². The van der Waals surface area contributed by atoms with E-state index in [1.54, 1.807) is 31.5 Å². The minimum absolute atomic E-state index is 0.179. The molecule has 3 heterocycles. The normalized spacial score (nSPS) is 17.6. The van der Waals surface area contributed by atoms with Crippen molar-refractivity contribution < 1.29 is 18.8 Å². The number of amides is 1. The highest BCUT2D eigenvalue weighted by Gasteiger charge is 2.33. The first-order valence-electron chi connectivity index (χ1n) is 11.0. The Hall–Kier alpha value is -3.51. The van der Waals surface area contributed by atoms with Crippen LogP contribution in [0.15, 0.2) is 39.6 Å². The van der Waals surface area contributed by atoms with Gasteiger partial charge in [0.1, 0.15) is 5.60 Å². The average Bonchev–Trinajstić information content (AvgIpc) is 3.36. The van der Waals surface area contributed by atoms with E-state index in [1.165, 1.54) is 5.06 Å². The number of carbonyl (C=O) groups excluding carboxylic acids is 1. The van der Waals surface area contributed by atoms with Crippen molar-refractivity contribution in [1.29, 1.82) is 0 Å². The van der Waals surface area contributed by atoms with Gasteiger partial charge in [-0.2, -0.15) is 5.06 Å². The first-order chi connectivity index (χ1) is 16.1. The third kappa shape index (κ3) is 5.34. The van der Waals surface area contributed by atoms with Crippen LogP contribution in [0.2, 0.25) is 0 Å². The summed E-state index contributed by atoms with van der Waals surface area (Å²) in [5.74, 6) is -0.0282. The molecule has 2 atom stereocenters. The number of carbonyl (C=O) groups is 1. The Balaban J connectivity index is 1.67. The quantitative estimate of drug-likeness (QED) is 0.518. The molecule has 34 heavy (non-hydrogen) atoms. The lowest BCUT2D eigenvalue weighted by Gasteiger charge is -2.35. The van der Waals surface area contributed by atoms with E-state index < -0.39 is 23.5 Å². The second kappa shape index (κ2) is 9.39. The molecule has 1 aliphatic rings. The van der Waals surface area contributed by atoms with E-state index in [0.717, 1.165) is 5.57 Å². The predicted octanol–water partition coefficient (Wildman–Crippen LogP) is 2.30. The van der Waals surface area contributed by atoms with Gasteiger partial charge < -0.3 is 9.15 Å². The summed E-state index contributed by atoms with van der Waals surface area (Å²) in [6.45, 7) is 12.2. The van der Waals surface area contributed by atoms with E-state index in [1.807, 2.05) is 19.1 Å². The van der Waals surface area contributed by atoms with Crippen molar-refractivity contribution in [2.75, 3.05) is 13.2 Å². The van der Waals surface area contributed by atoms with Crippen LogP contribution in [0.4, 0.5) is 4.79 Å². The van der Waals surface area contributed by atoms with E-state index in [-0.39, 0.29) is 12.6 Å². The molecule has 1 aromatic carbocycles. The molecule has 1 saturated heterocycles. The van der Waals surface area contributed by atoms with Crippen molar-refractivity contribution in [2.24, 2.45) is 0 Å². The van der Waals surface area contributed by atoms with Crippen LogP contribution >= 0.6 is 0 Å². The fourth-order valence-electron chi connectivity index (χ4n) is 3.77. The number of para-hydroxylation sites is 1. The van der Waals surface area contributed by atoms with Crippen molar-refractivity contribution >= 4 is 17.2 Å². The Kier molecular flexibility index (Phi) is 6.53. The van der Waals surface area contributed by atoms with Crippen molar-refractivity contribution in [3.63, 3.8) is 0 Å². The monoisotopic (exact) mass is 471 g/mol. The number of hydrogen-bond donors (Lipinski definition) is 2. The maximum Gasteiger partial charge on any atom is 0.434 e. The van der Waals surface area contributed by atoms with Gasteiger partial charge in [-0.15, -0.1) is 5.10 Å². The number of fused-ring (bicyclic) bond motifs is 1. The molecule has 2 unspecified atom stereocenters. The third-order valence-corrected chi connectivity index (χ3v) is 5.12. The molecule has 3 aromatic rings. The van der Waals surface area contributed by atoms with Gasteiger partial charge >= 0.3 is 11.8 Å². The van der Waals surface area contributed by atoms with Crippen LogP contribution < -0.4 is 11.1 Å². The maximum absolute atomic E-state index is 12.5. The molecule has 0 spiro atoms. The highest BCUT2D eigenvalue weighted by molar-refractivity contribution is 5.76. The lowest BCUT2D eigenvalue weighted by atomic mass is 10.0. The number of aromatic nitrogens is 5. The number of tetrazole rings is 1. The highest BCUT2D eigenvalue weighted by atomic mass is 16.7. The largest absolute Gasteiger partial charge is 0.442 e. The summed E-state index contributed by atoms with van der Waals surface area (Å²) in [6, 6.07) is 4.71. The zero-order valence-corrected chi connectivity index (χ0v) is 19.7. The van der Waals surface area contributed by atoms with Gasteiger partial charge in [0.15, 0.2) is 11.4 Å². The number of ether oxygens (including phenoxy) is 1. The zero-order chi connectivity index (χ0) is 24.5. The molecule has 0 saturated carbocycles.